The summed E-state index contributed by atoms with van der Waals surface area (Å²) in [5.41, 5.74) is 13.3. The second-order valence-electron chi connectivity index (χ2n) is 14.4. The maximum Gasteiger partial charge on any atom is 0.164 e. The highest BCUT2D eigenvalue weighted by atomic mass is 16.3. The van der Waals surface area contributed by atoms with Crippen LogP contribution in [0.3, 0.4) is 0 Å². The van der Waals surface area contributed by atoms with Crippen LogP contribution in [0.2, 0.25) is 0 Å². The molecule has 0 amide bonds. The lowest BCUT2D eigenvalue weighted by molar-refractivity contribution is 0.584. The van der Waals surface area contributed by atoms with Crippen molar-refractivity contribution in [3.63, 3.8) is 0 Å². The lowest BCUT2D eigenvalue weighted by Crippen LogP contribution is -2.30. The normalized spacial score (nSPS) is 15.4. The summed E-state index contributed by atoms with van der Waals surface area (Å²) < 4.78 is 6.52. The number of anilines is 2. The summed E-state index contributed by atoms with van der Waals surface area (Å²) in [5, 5.41) is 1.15. The first kappa shape index (κ1) is 32.1. The molecule has 5 nitrogen and oxygen atoms in total. The van der Waals surface area contributed by atoms with Gasteiger partial charge in [-0.3, -0.25) is 0 Å². The van der Waals surface area contributed by atoms with Gasteiger partial charge in [0.1, 0.15) is 11.3 Å². The molecule has 0 saturated heterocycles. The molecule has 264 valence electrons. The van der Waals surface area contributed by atoms with E-state index in [1.807, 2.05) is 36.4 Å². The fourth-order valence-electron chi connectivity index (χ4n) is 8.44. The minimum absolute atomic E-state index is 0.150. The Morgan fingerprint density at radius 2 is 0.929 bits per heavy atom. The molecule has 3 heterocycles. The number of furan rings is 1. The Bertz CT molecular complexity index is 2900. The zero-order valence-electron chi connectivity index (χ0n) is 30.3. The molecule has 2 aromatic heterocycles. The smallest absolute Gasteiger partial charge is 0.164 e. The Morgan fingerprint density at radius 1 is 0.446 bits per heavy atom. The third-order valence-corrected chi connectivity index (χ3v) is 11.1. The topological polar surface area (TPSA) is 55.1 Å². The highest BCUT2D eigenvalue weighted by molar-refractivity contribution is 5.93. The van der Waals surface area contributed by atoms with Crippen LogP contribution in [-0.2, 0) is 0 Å². The van der Waals surface area contributed by atoms with Crippen LogP contribution in [0.25, 0.3) is 73.5 Å². The Hall–Kier alpha value is -7.37. The maximum absolute atomic E-state index is 6.52. The van der Waals surface area contributed by atoms with E-state index in [1.54, 1.807) is 0 Å². The van der Waals surface area contributed by atoms with Crippen molar-refractivity contribution < 1.29 is 4.42 Å². The van der Waals surface area contributed by atoms with Crippen LogP contribution in [-0.4, -0.2) is 21.0 Å². The van der Waals surface area contributed by atoms with Gasteiger partial charge in [0.15, 0.2) is 17.5 Å². The average molecular weight is 719 g/mol. The number of para-hydroxylation sites is 2. The van der Waals surface area contributed by atoms with E-state index in [0.29, 0.717) is 17.5 Å². The van der Waals surface area contributed by atoms with E-state index in [0.717, 1.165) is 50.1 Å². The zero-order chi connectivity index (χ0) is 37.0. The molecule has 7 aromatic carbocycles. The summed E-state index contributed by atoms with van der Waals surface area (Å²) in [6.07, 6.45) is 4.47. The second kappa shape index (κ2) is 13.2. The number of hydrogen-bond acceptors (Lipinski definition) is 5. The molecule has 1 aliphatic carbocycles. The van der Waals surface area contributed by atoms with Gasteiger partial charge in [0, 0.05) is 44.9 Å². The number of rotatable bonds is 6. The Balaban J connectivity index is 0.954. The first-order valence-electron chi connectivity index (χ1n) is 19.0. The minimum atomic E-state index is 0.150. The lowest BCUT2D eigenvalue weighted by Gasteiger charge is -2.30. The van der Waals surface area contributed by atoms with Gasteiger partial charge in [-0.1, -0.05) is 158 Å². The predicted molar refractivity (Wildman–Crippen MR) is 226 cm³/mol. The lowest BCUT2D eigenvalue weighted by atomic mass is 9.82. The summed E-state index contributed by atoms with van der Waals surface area (Å²) >= 11 is 0. The summed E-state index contributed by atoms with van der Waals surface area (Å²) in [7, 11) is 0. The number of benzene rings is 7. The third kappa shape index (κ3) is 5.44. The second-order valence-corrected chi connectivity index (χ2v) is 14.4. The van der Waals surface area contributed by atoms with Crippen LogP contribution in [0.1, 0.15) is 22.8 Å². The predicted octanol–water partition coefficient (Wildman–Crippen LogP) is 12.6. The van der Waals surface area contributed by atoms with E-state index in [4.69, 9.17) is 19.4 Å². The molecule has 11 rings (SSSR count). The molecule has 9 aromatic rings. The van der Waals surface area contributed by atoms with E-state index in [1.165, 1.54) is 28.1 Å². The maximum atomic E-state index is 6.52. The van der Waals surface area contributed by atoms with E-state index in [2.05, 4.69) is 163 Å². The van der Waals surface area contributed by atoms with E-state index >= 15 is 0 Å². The van der Waals surface area contributed by atoms with Gasteiger partial charge in [-0.05, 0) is 64.2 Å². The molecule has 0 spiro atoms. The molecule has 0 radical (unpaired) electrons. The summed E-state index contributed by atoms with van der Waals surface area (Å²) in [4.78, 5) is 17.4. The molecule has 0 bridgehead atoms. The van der Waals surface area contributed by atoms with Crippen LogP contribution in [0.5, 0.6) is 0 Å². The molecular formula is C51H34N4O. The van der Waals surface area contributed by atoms with Crippen molar-refractivity contribution in [3.05, 3.63) is 205 Å². The first-order chi connectivity index (χ1) is 27.7. The Kier molecular flexibility index (Phi) is 7.56. The third-order valence-electron chi connectivity index (χ3n) is 11.1. The fraction of sp³-hybridized carbons (Fsp3) is 0.0392. The van der Waals surface area contributed by atoms with Crippen molar-refractivity contribution >= 4 is 28.4 Å². The van der Waals surface area contributed by atoms with Crippen LogP contribution in [0, 0.1) is 0 Å². The molecule has 1 aliphatic heterocycles. The summed E-state index contributed by atoms with van der Waals surface area (Å²) in [6, 6.07) is 63.7. The summed E-state index contributed by atoms with van der Waals surface area (Å²) in [6.45, 7) is 0. The largest absolute Gasteiger partial charge is 0.456 e. The van der Waals surface area contributed by atoms with Crippen molar-refractivity contribution in [3.8, 4) is 56.4 Å². The van der Waals surface area contributed by atoms with Crippen molar-refractivity contribution in [2.45, 2.75) is 12.0 Å². The number of hydrogen-bond donors (Lipinski definition) is 0. The molecule has 0 fully saturated rings. The molecule has 0 saturated carbocycles. The Labute approximate surface area is 324 Å². The molecule has 2 unspecified atom stereocenters. The summed E-state index contributed by atoms with van der Waals surface area (Å²) in [5.74, 6) is 3.00. The van der Waals surface area contributed by atoms with Crippen LogP contribution in [0.15, 0.2) is 192 Å². The van der Waals surface area contributed by atoms with Gasteiger partial charge in [0.2, 0.25) is 0 Å². The molecule has 2 atom stereocenters. The van der Waals surface area contributed by atoms with Crippen LogP contribution in [0.4, 0.5) is 11.4 Å². The quantitative estimate of drug-likeness (QED) is 0.171. The molecule has 0 N–H and O–H groups in total. The Morgan fingerprint density at radius 3 is 1.57 bits per heavy atom. The zero-order valence-corrected chi connectivity index (χ0v) is 30.3. The van der Waals surface area contributed by atoms with Gasteiger partial charge in [-0.2, -0.15) is 0 Å². The molecule has 5 heteroatoms. The van der Waals surface area contributed by atoms with Crippen molar-refractivity contribution in [1.29, 1.82) is 0 Å². The van der Waals surface area contributed by atoms with Crippen LogP contribution >= 0.6 is 0 Å². The highest BCUT2D eigenvalue weighted by Gasteiger charge is 2.43. The van der Waals surface area contributed by atoms with E-state index in [9.17, 15) is 0 Å². The average Bonchev–Trinajstić information content (AvgIpc) is 3.82. The highest BCUT2D eigenvalue weighted by Crippen LogP contribution is 2.53. The van der Waals surface area contributed by atoms with Crippen molar-refractivity contribution in [2.24, 2.45) is 0 Å². The van der Waals surface area contributed by atoms with Crippen molar-refractivity contribution in [1.82, 2.24) is 15.0 Å². The van der Waals surface area contributed by atoms with E-state index in [-0.39, 0.29) is 12.0 Å². The SMILES string of the molecule is C1=CC2C(c3ccccc3N2c2ccccc2)c2c1oc1ccc(-c3ccc(-c4nc(-c5ccccc5)nc(-c5ccc(-c6ccccc6)cc5)n4)cc3)cc21. The van der Waals surface area contributed by atoms with E-state index < -0.39 is 0 Å². The van der Waals surface area contributed by atoms with Gasteiger partial charge >= 0.3 is 0 Å². The van der Waals surface area contributed by atoms with Gasteiger partial charge < -0.3 is 9.32 Å². The monoisotopic (exact) mass is 718 g/mol. The van der Waals surface area contributed by atoms with Gasteiger partial charge in [-0.15, -0.1) is 0 Å². The van der Waals surface area contributed by atoms with Gasteiger partial charge in [0.25, 0.3) is 0 Å². The van der Waals surface area contributed by atoms with Gasteiger partial charge in [-0.25, -0.2) is 15.0 Å². The first-order valence-corrected chi connectivity index (χ1v) is 19.0. The van der Waals surface area contributed by atoms with Crippen molar-refractivity contribution in [2.75, 3.05) is 4.90 Å². The molecule has 2 aliphatic rings. The molecule has 56 heavy (non-hydrogen) atoms. The standard InChI is InChI=1S/C51H34N4O/c1-4-12-33(13-5-1)34-20-24-37(25-21-34)50-52-49(36-14-6-2-7-15-36)53-51(54-50)38-26-22-35(23-27-38)39-28-30-45-42(32-39)48-46(56-45)31-29-44-47(48)41-18-10-11-19-43(41)55(44)40-16-8-3-9-17-40/h1-32,44,47H. The molecular weight excluding hydrogens is 685 g/mol. The van der Waals surface area contributed by atoms with Gasteiger partial charge in [0.05, 0.1) is 6.04 Å². The fourth-order valence-corrected chi connectivity index (χ4v) is 8.44. The number of aromatic nitrogens is 3. The number of fused-ring (bicyclic) bond motifs is 7. The minimum Gasteiger partial charge on any atom is -0.456 e. The number of nitrogens with zero attached hydrogens (tertiary/aromatic N) is 4. The van der Waals surface area contributed by atoms with Crippen LogP contribution < -0.4 is 4.90 Å².